The van der Waals surface area contributed by atoms with E-state index in [9.17, 15) is 4.79 Å². The Morgan fingerprint density at radius 1 is 0.967 bits per heavy atom. The van der Waals surface area contributed by atoms with Crippen molar-refractivity contribution in [2.24, 2.45) is 0 Å². The largest absolute Gasteiger partial charge is 0.446 e. The molecule has 3 heterocycles. The number of anilines is 1. The molecule has 0 bridgehead atoms. The van der Waals surface area contributed by atoms with Crippen LogP contribution in [0, 0.1) is 0 Å². The molecule has 0 spiro atoms. The molecule has 1 aliphatic heterocycles. The van der Waals surface area contributed by atoms with Gasteiger partial charge < -0.3 is 19.5 Å². The Bertz CT molecular complexity index is 987. The van der Waals surface area contributed by atoms with Crippen LogP contribution in [0.25, 0.3) is 10.9 Å². The molecule has 6 nitrogen and oxygen atoms in total. The molecule has 0 atom stereocenters. The number of hydrogen-bond donors (Lipinski definition) is 1. The molecule has 2 aliphatic rings. The number of para-hydroxylation sites is 1. The van der Waals surface area contributed by atoms with Crippen molar-refractivity contribution < 1.29 is 9.53 Å². The van der Waals surface area contributed by atoms with E-state index in [-0.39, 0.29) is 12.2 Å². The first-order valence-electron chi connectivity index (χ1n) is 11.0. The van der Waals surface area contributed by atoms with Gasteiger partial charge in [0.2, 0.25) is 0 Å². The van der Waals surface area contributed by atoms with E-state index in [1.54, 1.807) is 0 Å². The molecule has 3 aromatic rings. The van der Waals surface area contributed by atoms with E-state index in [4.69, 9.17) is 4.74 Å². The van der Waals surface area contributed by atoms with Gasteiger partial charge >= 0.3 is 6.09 Å². The molecule has 1 amide bonds. The molecule has 1 saturated carbocycles. The van der Waals surface area contributed by atoms with E-state index in [0.29, 0.717) is 19.0 Å². The molecule has 1 aliphatic carbocycles. The van der Waals surface area contributed by atoms with Gasteiger partial charge in [-0.15, -0.1) is 0 Å². The van der Waals surface area contributed by atoms with Gasteiger partial charge in [-0.3, -0.25) is 0 Å². The van der Waals surface area contributed by atoms with Gasteiger partial charge in [0.15, 0.2) is 0 Å². The highest BCUT2D eigenvalue weighted by Crippen LogP contribution is 2.37. The van der Waals surface area contributed by atoms with E-state index in [0.717, 1.165) is 44.6 Å². The Kier molecular flexibility index (Phi) is 5.30. The lowest BCUT2D eigenvalue weighted by Crippen LogP contribution is -2.49. The molecular weight excluding hydrogens is 376 g/mol. The highest BCUT2D eigenvalue weighted by atomic mass is 16.6. The fraction of sp³-hybridized carbons (Fsp3) is 0.417. The van der Waals surface area contributed by atoms with E-state index in [1.165, 1.54) is 16.5 Å². The smallest absolute Gasteiger partial charge is 0.410 e. The van der Waals surface area contributed by atoms with Crippen LogP contribution in [0.4, 0.5) is 10.6 Å². The number of aromatic amines is 1. The number of aromatic nitrogens is 2. The van der Waals surface area contributed by atoms with Crippen molar-refractivity contribution in [2.75, 3.05) is 31.1 Å². The second-order valence-corrected chi connectivity index (χ2v) is 8.31. The van der Waals surface area contributed by atoms with Crippen molar-refractivity contribution in [3.8, 4) is 0 Å². The van der Waals surface area contributed by atoms with Crippen LogP contribution in [0.5, 0.6) is 0 Å². The zero-order valence-electron chi connectivity index (χ0n) is 17.2. The number of pyridine rings is 1. The zero-order valence-corrected chi connectivity index (χ0v) is 17.2. The number of piperazine rings is 1. The third-order valence-electron chi connectivity index (χ3n) is 6.51. The summed E-state index contributed by atoms with van der Waals surface area (Å²) in [4.78, 5) is 24.5. The summed E-state index contributed by atoms with van der Waals surface area (Å²) in [5.41, 5.74) is 2.60. The Morgan fingerprint density at radius 3 is 2.50 bits per heavy atom. The number of hydrogen-bond acceptors (Lipinski definition) is 4. The quantitative estimate of drug-likeness (QED) is 0.696. The first-order chi connectivity index (χ1) is 14.8. The molecule has 5 rings (SSSR count). The molecule has 2 fully saturated rings. The van der Waals surface area contributed by atoms with E-state index in [1.807, 2.05) is 29.3 Å². The van der Waals surface area contributed by atoms with Crippen molar-refractivity contribution >= 4 is 22.8 Å². The third-order valence-corrected chi connectivity index (χ3v) is 6.51. The number of benzene rings is 1. The summed E-state index contributed by atoms with van der Waals surface area (Å²) in [6.07, 6.45) is 7.83. The second-order valence-electron chi connectivity index (χ2n) is 8.31. The van der Waals surface area contributed by atoms with Crippen LogP contribution in [-0.2, 0) is 4.74 Å². The zero-order chi connectivity index (χ0) is 20.3. The van der Waals surface area contributed by atoms with Crippen LogP contribution in [0.3, 0.4) is 0 Å². The summed E-state index contributed by atoms with van der Waals surface area (Å²) in [6, 6.07) is 14.4. The maximum Gasteiger partial charge on any atom is 0.410 e. The van der Waals surface area contributed by atoms with Gasteiger partial charge in [0, 0.05) is 49.5 Å². The minimum Gasteiger partial charge on any atom is -0.446 e. The van der Waals surface area contributed by atoms with Gasteiger partial charge in [0.1, 0.15) is 11.9 Å². The normalized spacial score (nSPS) is 22.3. The Balaban J connectivity index is 1.11. The number of rotatable bonds is 3. The summed E-state index contributed by atoms with van der Waals surface area (Å²) < 4.78 is 5.87. The van der Waals surface area contributed by atoms with Gasteiger partial charge in [-0.05, 0) is 55.4 Å². The first kappa shape index (κ1) is 19.0. The average Bonchev–Trinajstić information content (AvgIpc) is 3.24. The van der Waals surface area contributed by atoms with E-state index >= 15 is 0 Å². The van der Waals surface area contributed by atoms with Crippen LogP contribution in [0.15, 0.2) is 54.9 Å². The van der Waals surface area contributed by atoms with E-state index in [2.05, 4.69) is 45.3 Å². The molecule has 156 valence electrons. The molecule has 30 heavy (non-hydrogen) atoms. The SMILES string of the molecule is O=C(OC1CCC(c2c[nH]c3ccccc23)CC1)N1CCN(c2ccccn2)CC1. The number of nitrogens with one attached hydrogen (secondary N) is 1. The minimum atomic E-state index is -0.161. The minimum absolute atomic E-state index is 0.0350. The van der Waals surface area contributed by atoms with Crippen LogP contribution >= 0.6 is 0 Å². The number of ether oxygens (including phenoxy) is 1. The number of carbonyl (C=O) groups is 1. The van der Waals surface area contributed by atoms with Crippen molar-refractivity contribution in [1.82, 2.24) is 14.9 Å². The lowest BCUT2D eigenvalue weighted by atomic mass is 9.82. The Hall–Kier alpha value is -3.02. The van der Waals surface area contributed by atoms with Crippen LogP contribution in [-0.4, -0.2) is 53.2 Å². The van der Waals surface area contributed by atoms with Crippen LogP contribution in [0.1, 0.15) is 37.2 Å². The van der Waals surface area contributed by atoms with Gasteiger partial charge in [-0.2, -0.15) is 0 Å². The van der Waals surface area contributed by atoms with Gasteiger partial charge in [-0.1, -0.05) is 24.3 Å². The second kappa shape index (κ2) is 8.38. The fourth-order valence-corrected chi connectivity index (χ4v) is 4.80. The Labute approximate surface area is 176 Å². The number of H-pyrrole nitrogens is 1. The molecule has 0 radical (unpaired) electrons. The summed E-state index contributed by atoms with van der Waals surface area (Å²) in [5.74, 6) is 1.51. The van der Waals surface area contributed by atoms with E-state index < -0.39 is 0 Å². The highest BCUT2D eigenvalue weighted by Gasteiger charge is 2.29. The van der Waals surface area contributed by atoms with Gasteiger partial charge in [-0.25, -0.2) is 9.78 Å². The fourth-order valence-electron chi connectivity index (χ4n) is 4.80. The van der Waals surface area contributed by atoms with Crippen molar-refractivity contribution in [1.29, 1.82) is 0 Å². The van der Waals surface area contributed by atoms with Crippen LogP contribution in [0.2, 0.25) is 0 Å². The molecule has 1 N–H and O–H groups in total. The lowest BCUT2D eigenvalue weighted by molar-refractivity contribution is 0.0419. The molecule has 6 heteroatoms. The first-order valence-corrected chi connectivity index (χ1v) is 11.0. The van der Waals surface area contributed by atoms with Crippen molar-refractivity contribution in [3.63, 3.8) is 0 Å². The number of nitrogens with zero attached hydrogens (tertiary/aromatic N) is 3. The Morgan fingerprint density at radius 2 is 1.73 bits per heavy atom. The molecule has 1 aromatic carbocycles. The summed E-state index contributed by atoms with van der Waals surface area (Å²) in [7, 11) is 0. The monoisotopic (exact) mass is 404 g/mol. The van der Waals surface area contributed by atoms with Crippen molar-refractivity contribution in [3.05, 3.63) is 60.4 Å². The standard InChI is InChI=1S/C24H28N4O2/c29-24(28-15-13-27(14-16-28)23-7-3-4-12-25-23)30-19-10-8-18(9-11-19)21-17-26-22-6-2-1-5-20(21)22/h1-7,12,17-19,26H,8-11,13-16H2. The van der Waals surface area contributed by atoms with Gasteiger partial charge in [0.05, 0.1) is 0 Å². The van der Waals surface area contributed by atoms with Crippen LogP contribution < -0.4 is 4.90 Å². The maximum atomic E-state index is 12.7. The number of carbonyl (C=O) groups excluding carboxylic acids is 1. The molecule has 0 unspecified atom stereocenters. The highest BCUT2D eigenvalue weighted by molar-refractivity contribution is 5.83. The molecular formula is C24H28N4O2. The maximum absolute atomic E-state index is 12.7. The summed E-state index contributed by atoms with van der Waals surface area (Å²) in [6.45, 7) is 2.94. The average molecular weight is 405 g/mol. The predicted molar refractivity (Wildman–Crippen MR) is 118 cm³/mol. The third kappa shape index (κ3) is 3.86. The topological polar surface area (TPSA) is 61.5 Å². The summed E-state index contributed by atoms with van der Waals surface area (Å²) in [5, 5.41) is 1.32. The summed E-state index contributed by atoms with van der Waals surface area (Å²) >= 11 is 0. The molecule has 2 aromatic heterocycles. The van der Waals surface area contributed by atoms with Crippen molar-refractivity contribution in [2.45, 2.75) is 37.7 Å². The predicted octanol–water partition coefficient (Wildman–Crippen LogP) is 4.55. The molecule has 1 saturated heterocycles. The lowest BCUT2D eigenvalue weighted by Gasteiger charge is -2.36. The number of fused-ring (bicyclic) bond motifs is 1. The van der Waals surface area contributed by atoms with Gasteiger partial charge in [0.25, 0.3) is 0 Å². The number of amides is 1.